The molecule has 1 N–H and O–H groups in total. The average molecular weight is 217 g/mol. The van der Waals surface area contributed by atoms with Crippen LogP contribution in [0.2, 0.25) is 0 Å². The Kier molecular flexibility index (Phi) is 3.99. The molecule has 1 heterocycles. The third-order valence-electron chi connectivity index (χ3n) is 1.66. The van der Waals surface area contributed by atoms with Gasteiger partial charge in [0, 0.05) is 6.54 Å². The molecule has 1 aromatic rings. The zero-order chi connectivity index (χ0) is 9.84. The summed E-state index contributed by atoms with van der Waals surface area (Å²) in [6.07, 6.45) is 2.07. The quantitative estimate of drug-likeness (QED) is 0.787. The molecule has 74 valence electrons. The fraction of sp³-hybridized carbons (Fsp3) is 0.750. The number of aromatic nitrogens is 3. The molecule has 1 rings (SSSR count). The second-order valence-corrected chi connectivity index (χ2v) is 4.64. The first kappa shape index (κ1) is 10.8. The minimum atomic E-state index is 0.602. The van der Waals surface area contributed by atoms with Crippen molar-refractivity contribution in [2.75, 3.05) is 6.26 Å². The summed E-state index contributed by atoms with van der Waals surface area (Å²) in [5, 5.41) is 7.01. The Hall–Kier alpha value is -0.290. The van der Waals surface area contributed by atoms with Crippen LogP contribution in [-0.4, -0.2) is 21.0 Å². The van der Waals surface area contributed by atoms with Crippen molar-refractivity contribution >= 4 is 24.0 Å². The van der Waals surface area contributed by atoms with Crippen LogP contribution >= 0.6 is 24.0 Å². The normalized spacial score (nSPS) is 11.1. The highest BCUT2D eigenvalue weighted by Crippen LogP contribution is 2.09. The molecule has 0 amide bonds. The van der Waals surface area contributed by atoms with E-state index in [1.807, 2.05) is 0 Å². The van der Waals surface area contributed by atoms with E-state index in [1.165, 1.54) is 0 Å². The van der Waals surface area contributed by atoms with Crippen LogP contribution in [0.1, 0.15) is 19.7 Å². The van der Waals surface area contributed by atoms with Gasteiger partial charge in [-0.1, -0.05) is 13.8 Å². The Morgan fingerprint density at radius 1 is 1.62 bits per heavy atom. The SMILES string of the molecule is CSCc1n[nH]c(=S)n1CC(C)C. The summed E-state index contributed by atoms with van der Waals surface area (Å²) in [4.78, 5) is 0. The lowest BCUT2D eigenvalue weighted by atomic mass is 10.2. The molecule has 0 unspecified atom stereocenters. The molecule has 0 aromatic carbocycles. The largest absolute Gasteiger partial charge is 0.303 e. The Bertz CT molecular complexity index is 313. The maximum Gasteiger partial charge on any atom is 0.195 e. The van der Waals surface area contributed by atoms with Crippen molar-refractivity contribution in [3.8, 4) is 0 Å². The molecular formula is C8H15N3S2. The number of rotatable bonds is 4. The summed E-state index contributed by atoms with van der Waals surface area (Å²) in [7, 11) is 0. The molecule has 0 radical (unpaired) electrons. The number of thioether (sulfide) groups is 1. The van der Waals surface area contributed by atoms with Crippen molar-refractivity contribution < 1.29 is 0 Å². The van der Waals surface area contributed by atoms with Gasteiger partial charge in [-0.25, -0.2) is 0 Å². The Labute approximate surface area is 87.9 Å². The van der Waals surface area contributed by atoms with Gasteiger partial charge in [-0.2, -0.15) is 16.9 Å². The zero-order valence-electron chi connectivity index (χ0n) is 8.20. The van der Waals surface area contributed by atoms with Crippen LogP contribution < -0.4 is 0 Å². The van der Waals surface area contributed by atoms with Crippen molar-refractivity contribution in [1.29, 1.82) is 0 Å². The van der Waals surface area contributed by atoms with E-state index in [4.69, 9.17) is 12.2 Å². The van der Waals surface area contributed by atoms with Crippen molar-refractivity contribution in [2.24, 2.45) is 5.92 Å². The molecule has 0 fully saturated rings. The van der Waals surface area contributed by atoms with Crippen molar-refractivity contribution in [1.82, 2.24) is 14.8 Å². The summed E-state index contributed by atoms with van der Waals surface area (Å²) < 4.78 is 2.81. The first-order valence-electron chi connectivity index (χ1n) is 4.28. The van der Waals surface area contributed by atoms with Gasteiger partial charge in [0.25, 0.3) is 0 Å². The molecule has 0 aliphatic heterocycles. The van der Waals surface area contributed by atoms with Gasteiger partial charge in [0.1, 0.15) is 5.82 Å². The van der Waals surface area contributed by atoms with Crippen molar-refractivity contribution in [3.63, 3.8) is 0 Å². The van der Waals surface area contributed by atoms with Crippen molar-refractivity contribution in [3.05, 3.63) is 10.6 Å². The number of hydrogen-bond acceptors (Lipinski definition) is 3. The summed E-state index contributed by atoms with van der Waals surface area (Å²) in [5.74, 6) is 2.57. The molecular weight excluding hydrogens is 202 g/mol. The predicted molar refractivity (Wildman–Crippen MR) is 59.5 cm³/mol. The highest BCUT2D eigenvalue weighted by atomic mass is 32.2. The average Bonchev–Trinajstić information content (AvgIpc) is 2.36. The Morgan fingerprint density at radius 3 is 2.85 bits per heavy atom. The fourth-order valence-electron chi connectivity index (χ4n) is 1.14. The van der Waals surface area contributed by atoms with Gasteiger partial charge in [-0.15, -0.1) is 0 Å². The molecule has 0 saturated carbocycles. The van der Waals surface area contributed by atoms with Gasteiger partial charge in [0.2, 0.25) is 0 Å². The predicted octanol–water partition coefficient (Wildman–Crippen LogP) is 2.46. The number of nitrogens with zero attached hydrogens (tertiary/aromatic N) is 2. The highest BCUT2D eigenvalue weighted by molar-refractivity contribution is 7.97. The van der Waals surface area contributed by atoms with Crippen LogP contribution in [0, 0.1) is 10.7 Å². The van der Waals surface area contributed by atoms with E-state index >= 15 is 0 Å². The molecule has 0 spiro atoms. The van der Waals surface area contributed by atoms with E-state index < -0.39 is 0 Å². The standard InChI is InChI=1S/C8H15N3S2/c1-6(2)4-11-7(5-13-3)9-10-8(11)12/h6H,4-5H2,1-3H3,(H,10,12). The van der Waals surface area contributed by atoms with Gasteiger partial charge in [0.15, 0.2) is 4.77 Å². The number of nitrogens with one attached hydrogen (secondary N) is 1. The van der Waals surface area contributed by atoms with E-state index in [1.54, 1.807) is 11.8 Å². The molecule has 0 aliphatic carbocycles. The van der Waals surface area contributed by atoms with Gasteiger partial charge in [-0.3, -0.25) is 5.10 Å². The van der Waals surface area contributed by atoms with E-state index in [2.05, 4.69) is 34.9 Å². The first-order chi connectivity index (χ1) is 6.15. The third kappa shape index (κ3) is 2.84. The highest BCUT2D eigenvalue weighted by Gasteiger charge is 2.06. The topological polar surface area (TPSA) is 33.6 Å². The Balaban J connectivity index is 2.88. The molecule has 0 atom stereocenters. The molecule has 5 heteroatoms. The van der Waals surface area contributed by atoms with Crippen LogP contribution in [0.3, 0.4) is 0 Å². The monoisotopic (exact) mass is 217 g/mol. The maximum atomic E-state index is 5.14. The molecule has 3 nitrogen and oxygen atoms in total. The van der Waals surface area contributed by atoms with E-state index in [0.717, 1.165) is 22.9 Å². The van der Waals surface area contributed by atoms with Crippen LogP contribution in [-0.2, 0) is 12.3 Å². The van der Waals surface area contributed by atoms with Crippen LogP contribution in [0.4, 0.5) is 0 Å². The Morgan fingerprint density at radius 2 is 2.31 bits per heavy atom. The summed E-state index contributed by atoms with van der Waals surface area (Å²) >= 11 is 6.90. The maximum absolute atomic E-state index is 5.14. The second-order valence-electron chi connectivity index (χ2n) is 3.38. The van der Waals surface area contributed by atoms with Gasteiger partial charge in [0.05, 0.1) is 5.75 Å². The summed E-state index contributed by atoms with van der Waals surface area (Å²) in [6, 6.07) is 0. The molecule has 0 bridgehead atoms. The first-order valence-corrected chi connectivity index (χ1v) is 6.08. The van der Waals surface area contributed by atoms with Crippen molar-refractivity contribution in [2.45, 2.75) is 26.1 Å². The van der Waals surface area contributed by atoms with E-state index in [0.29, 0.717) is 5.92 Å². The summed E-state index contributed by atoms with van der Waals surface area (Å²) in [5.41, 5.74) is 0. The second kappa shape index (κ2) is 4.81. The van der Waals surface area contributed by atoms with Crippen LogP contribution in [0.5, 0.6) is 0 Å². The van der Waals surface area contributed by atoms with Gasteiger partial charge in [-0.05, 0) is 24.4 Å². The van der Waals surface area contributed by atoms with E-state index in [-0.39, 0.29) is 0 Å². The fourth-order valence-corrected chi connectivity index (χ4v) is 1.85. The third-order valence-corrected chi connectivity index (χ3v) is 2.52. The molecule has 13 heavy (non-hydrogen) atoms. The minimum absolute atomic E-state index is 0.602. The van der Waals surface area contributed by atoms with Gasteiger partial charge >= 0.3 is 0 Å². The van der Waals surface area contributed by atoms with Gasteiger partial charge < -0.3 is 4.57 Å². The lowest BCUT2D eigenvalue weighted by Gasteiger charge is -2.07. The lowest BCUT2D eigenvalue weighted by molar-refractivity contribution is 0.508. The smallest absolute Gasteiger partial charge is 0.195 e. The van der Waals surface area contributed by atoms with Crippen LogP contribution in [0.15, 0.2) is 0 Å². The number of hydrogen-bond donors (Lipinski definition) is 1. The minimum Gasteiger partial charge on any atom is -0.303 e. The molecule has 1 aromatic heterocycles. The summed E-state index contributed by atoms with van der Waals surface area (Å²) in [6.45, 7) is 5.31. The zero-order valence-corrected chi connectivity index (χ0v) is 9.84. The molecule has 0 aliphatic rings. The molecule has 0 saturated heterocycles. The van der Waals surface area contributed by atoms with E-state index in [9.17, 15) is 0 Å². The number of H-pyrrole nitrogens is 1. The number of aromatic amines is 1. The van der Waals surface area contributed by atoms with Crippen LogP contribution in [0.25, 0.3) is 0 Å². The lowest BCUT2D eigenvalue weighted by Crippen LogP contribution is -2.08.